The van der Waals surface area contributed by atoms with Gasteiger partial charge in [0.15, 0.2) is 0 Å². The predicted octanol–water partition coefficient (Wildman–Crippen LogP) is 1.45. The van der Waals surface area contributed by atoms with E-state index in [4.69, 9.17) is 0 Å². The first-order valence-corrected chi connectivity index (χ1v) is 3.51. The van der Waals surface area contributed by atoms with Crippen molar-refractivity contribution in [2.75, 3.05) is 0 Å². The van der Waals surface area contributed by atoms with Crippen molar-refractivity contribution in [3.63, 3.8) is 0 Å². The molecule has 0 saturated heterocycles. The van der Waals surface area contributed by atoms with Crippen LogP contribution in [0, 0.1) is 0 Å². The Labute approximate surface area is 60.3 Å². The average molecular weight is 134 g/mol. The Hall–Kier alpha value is -0.820. The maximum absolute atomic E-state index is 9.57. The smallest absolute Gasteiger partial charge is 0.0911 e. The Balaban J connectivity index is 2.53. The molecular weight excluding hydrogens is 124 g/mol. The van der Waals surface area contributed by atoms with Gasteiger partial charge in [0.25, 0.3) is 0 Å². The molecule has 1 aliphatic carbocycles. The molecule has 0 heterocycles. The van der Waals surface area contributed by atoms with Crippen LogP contribution < -0.4 is 0 Å². The van der Waals surface area contributed by atoms with Crippen LogP contribution in [0.15, 0.2) is 24.3 Å². The third-order valence-corrected chi connectivity index (χ3v) is 2.13. The largest absolute Gasteiger partial charge is 0.385 e. The number of rotatable bonds is 0. The lowest BCUT2D eigenvalue weighted by Crippen LogP contribution is -2.34. The predicted molar refractivity (Wildman–Crippen MR) is 39.7 cm³/mol. The van der Waals surface area contributed by atoms with E-state index in [1.165, 1.54) is 5.56 Å². The first kappa shape index (κ1) is 5.93. The highest BCUT2D eigenvalue weighted by Gasteiger charge is 2.35. The summed E-state index contributed by atoms with van der Waals surface area (Å²) in [5, 5.41) is 9.57. The number of hydrogen-bond acceptors (Lipinski definition) is 1. The lowest BCUT2D eigenvalue weighted by molar-refractivity contribution is 0.0329. The van der Waals surface area contributed by atoms with Gasteiger partial charge in [-0.2, -0.15) is 0 Å². The summed E-state index contributed by atoms with van der Waals surface area (Å²) in [6.07, 6.45) is 0.809. The first-order valence-electron chi connectivity index (χ1n) is 3.51. The van der Waals surface area contributed by atoms with Gasteiger partial charge >= 0.3 is 0 Å². The van der Waals surface area contributed by atoms with Crippen LogP contribution in [0.2, 0.25) is 0 Å². The molecule has 10 heavy (non-hydrogen) atoms. The van der Waals surface area contributed by atoms with E-state index in [1.54, 1.807) is 0 Å². The quantitative estimate of drug-likeness (QED) is 0.569. The van der Waals surface area contributed by atoms with Crippen molar-refractivity contribution in [3.8, 4) is 0 Å². The van der Waals surface area contributed by atoms with Gasteiger partial charge in [-0.15, -0.1) is 0 Å². The van der Waals surface area contributed by atoms with E-state index >= 15 is 0 Å². The van der Waals surface area contributed by atoms with Crippen LogP contribution in [0.25, 0.3) is 0 Å². The lowest BCUT2D eigenvalue weighted by atomic mass is 9.75. The summed E-state index contributed by atoms with van der Waals surface area (Å²) >= 11 is 0. The molecule has 1 heteroatoms. The van der Waals surface area contributed by atoms with Gasteiger partial charge in [0.2, 0.25) is 0 Å². The Morgan fingerprint density at radius 3 is 2.60 bits per heavy atom. The molecule has 0 aliphatic heterocycles. The molecule has 1 aromatic rings. The molecule has 0 amide bonds. The molecule has 52 valence electrons. The van der Waals surface area contributed by atoms with Crippen molar-refractivity contribution in [2.24, 2.45) is 0 Å². The summed E-state index contributed by atoms with van der Waals surface area (Å²) in [6.45, 7) is 1.86. The zero-order valence-electron chi connectivity index (χ0n) is 5.96. The highest BCUT2D eigenvalue weighted by Crippen LogP contribution is 2.37. The van der Waals surface area contributed by atoms with Crippen LogP contribution in [0.5, 0.6) is 0 Å². The fourth-order valence-electron chi connectivity index (χ4n) is 1.56. The van der Waals surface area contributed by atoms with Gasteiger partial charge in [-0.3, -0.25) is 0 Å². The van der Waals surface area contributed by atoms with Crippen LogP contribution in [0.1, 0.15) is 18.1 Å². The molecule has 0 radical (unpaired) electrons. The molecule has 0 fully saturated rings. The van der Waals surface area contributed by atoms with Crippen molar-refractivity contribution in [2.45, 2.75) is 18.9 Å². The molecule has 1 aliphatic rings. The van der Waals surface area contributed by atoms with Crippen LogP contribution in [0.3, 0.4) is 0 Å². The highest BCUT2D eigenvalue weighted by molar-refractivity contribution is 5.41. The molecule has 1 N–H and O–H groups in total. The third-order valence-electron chi connectivity index (χ3n) is 2.13. The minimum atomic E-state index is -0.545. The SMILES string of the molecule is C[C@@]1(O)Cc2ccccc21. The van der Waals surface area contributed by atoms with Gasteiger partial charge < -0.3 is 5.11 Å². The van der Waals surface area contributed by atoms with E-state index in [0.29, 0.717) is 0 Å². The number of fused-ring (bicyclic) bond motifs is 1. The third kappa shape index (κ3) is 0.611. The number of hydrogen-bond donors (Lipinski definition) is 1. The fourth-order valence-corrected chi connectivity index (χ4v) is 1.56. The highest BCUT2D eigenvalue weighted by atomic mass is 16.3. The van der Waals surface area contributed by atoms with E-state index in [0.717, 1.165) is 12.0 Å². The minimum absolute atomic E-state index is 0.545. The van der Waals surface area contributed by atoms with Crippen molar-refractivity contribution < 1.29 is 5.11 Å². The van der Waals surface area contributed by atoms with E-state index in [-0.39, 0.29) is 0 Å². The molecule has 1 aromatic carbocycles. The Morgan fingerprint density at radius 1 is 1.40 bits per heavy atom. The van der Waals surface area contributed by atoms with Crippen molar-refractivity contribution in [1.29, 1.82) is 0 Å². The molecule has 0 saturated carbocycles. The summed E-state index contributed by atoms with van der Waals surface area (Å²) < 4.78 is 0. The average Bonchev–Trinajstić information content (AvgIpc) is 1.86. The topological polar surface area (TPSA) is 20.2 Å². The van der Waals surface area contributed by atoms with Gasteiger partial charge in [0, 0.05) is 6.42 Å². The fraction of sp³-hybridized carbons (Fsp3) is 0.333. The van der Waals surface area contributed by atoms with Crippen LogP contribution in [-0.2, 0) is 12.0 Å². The van der Waals surface area contributed by atoms with E-state index in [2.05, 4.69) is 6.07 Å². The summed E-state index contributed by atoms with van der Waals surface area (Å²) in [7, 11) is 0. The number of aliphatic hydroxyl groups is 1. The molecule has 0 spiro atoms. The molecule has 0 bridgehead atoms. The second-order valence-corrected chi connectivity index (χ2v) is 3.11. The molecule has 0 aromatic heterocycles. The van der Waals surface area contributed by atoms with Gasteiger partial charge in [0.1, 0.15) is 0 Å². The van der Waals surface area contributed by atoms with Crippen LogP contribution >= 0.6 is 0 Å². The monoisotopic (exact) mass is 134 g/mol. The summed E-state index contributed by atoms with van der Waals surface area (Å²) in [5.41, 5.74) is 1.83. The van der Waals surface area contributed by atoms with E-state index < -0.39 is 5.60 Å². The summed E-state index contributed by atoms with van der Waals surface area (Å²) in [4.78, 5) is 0. The first-order chi connectivity index (χ1) is 4.70. The van der Waals surface area contributed by atoms with Gasteiger partial charge in [-0.1, -0.05) is 24.3 Å². The normalized spacial score (nSPS) is 29.0. The second kappa shape index (κ2) is 1.61. The molecule has 0 unspecified atom stereocenters. The Kier molecular flexibility index (Phi) is 0.955. The van der Waals surface area contributed by atoms with E-state index in [9.17, 15) is 5.11 Å². The summed E-state index contributed by atoms with van der Waals surface area (Å²) in [6, 6.07) is 8.02. The zero-order valence-corrected chi connectivity index (χ0v) is 5.96. The zero-order chi connectivity index (χ0) is 7.19. The van der Waals surface area contributed by atoms with Crippen LogP contribution in [-0.4, -0.2) is 5.11 Å². The molecule has 1 nitrogen and oxygen atoms in total. The van der Waals surface area contributed by atoms with Gasteiger partial charge in [-0.05, 0) is 18.1 Å². The van der Waals surface area contributed by atoms with Gasteiger partial charge in [0.05, 0.1) is 5.60 Å². The Morgan fingerprint density at radius 2 is 2.10 bits per heavy atom. The minimum Gasteiger partial charge on any atom is -0.385 e. The standard InChI is InChI=1S/C9H10O/c1-9(10)6-7-4-2-3-5-8(7)9/h2-5,10H,6H2,1H3/t9-/m1/s1. The Bertz CT molecular complexity index is 263. The lowest BCUT2D eigenvalue weighted by Gasteiger charge is -2.35. The van der Waals surface area contributed by atoms with Crippen molar-refractivity contribution >= 4 is 0 Å². The molecule has 2 rings (SSSR count). The summed E-state index contributed by atoms with van der Waals surface area (Å²) in [5.74, 6) is 0. The second-order valence-electron chi connectivity index (χ2n) is 3.11. The molecule has 1 atom stereocenters. The van der Waals surface area contributed by atoms with E-state index in [1.807, 2.05) is 25.1 Å². The van der Waals surface area contributed by atoms with Crippen molar-refractivity contribution in [1.82, 2.24) is 0 Å². The maximum Gasteiger partial charge on any atom is 0.0911 e. The van der Waals surface area contributed by atoms with Crippen molar-refractivity contribution in [3.05, 3.63) is 35.4 Å². The van der Waals surface area contributed by atoms with Gasteiger partial charge in [-0.25, -0.2) is 0 Å². The maximum atomic E-state index is 9.57. The van der Waals surface area contributed by atoms with Crippen LogP contribution in [0.4, 0.5) is 0 Å². The number of benzene rings is 1. The molecular formula is C9H10O.